The fourth-order valence-corrected chi connectivity index (χ4v) is 2.32. The predicted molar refractivity (Wildman–Crippen MR) is 68.7 cm³/mol. The number of nitrogens with zero attached hydrogens (tertiary/aromatic N) is 1. The van der Waals surface area contributed by atoms with Gasteiger partial charge in [-0.05, 0) is 31.5 Å². The van der Waals surface area contributed by atoms with E-state index in [9.17, 15) is 14.0 Å². The number of imide groups is 1. The van der Waals surface area contributed by atoms with E-state index in [-0.39, 0.29) is 30.1 Å². The van der Waals surface area contributed by atoms with Gasteiger partial charge in [0.25, 0.3) is 0 Å². The van der Waals surface area contributed by atoms with Crippen LogP contribution in [0.4, 0.5) is 4.39 Å². The van der Waals surface area contributed by atoms with Gasteiger partial charge in [-0.25, -0.2) is 4.39 Å². The second-order valence-corrected chi connectivity index (χ2v) is 4.68. The average molecular weight is 264 g/mol. The SMILES string of the molecule is CCN1C(=O)CC(NC(C)c2cccc(F)c2)C1=O. The molecule has 2 atom stereocenters. The van der Waals surface area contributed by atoms with Crippen molar-refractivity contribution in [2.45, 2.75) is 32.4 Å². The molecule has 1 aromatic carbocycles. The Kier molecular flexibility index (Phi) is 3.95. The van der Waals surface area contributed by atoms with Crippen molar-refractivity contribution in [2.24, 2.45) is 0 Å². The first-order chi connectivity index (χ1) is 9.02. The number of rotatable bonds is 4. The summed E-state index contributed by atoms with van der Waals surface area (Å²) in [4.78, 5) is 24.8. The average Bonchev–Trinajstić information content (AvgIpc) is 2.64. The molecule has 4 nitrogen and oxygen atoms in total. The predicted octanol–water partition coefficient (Wildman–Crippen LogP) is 1.62. The van der Waals surface area contributed by atoms with Crippen molar-refractivity contribution < 1.29 is 14.0 Å². The smallest absolute Gasteiger partial charge is 0.246 e. The summed E-state index contributed by atoms with van der Waals surface area (Å²) in [5.74, 6) is -0.664. The molecule has 102 valence electrons. The Bertz CT molecular complexity index is 504. The Hall–Kier alpha value is -1.75. The number of likely N-dealkylation sites (tertiary alicyclic amines) is 1. The molecule has 2 rings (SSSR count). The highest BCUT2D eigenvalue weighted by atomic mass is 19.1. The third-order valence-corrected chi connectivity index (χ3v) is 3.36. The summed E-state index contributed by atoms with van der Waals surface area (Å²) in [5.41, 5.74) is 0.759. The van der Waals surface area contributed by atoms with Gasteiger partial charge in [0.1, 0.15) is 5.82 Å². The molecule has 1 N–H and O–H groups in total. The van der Waals surface area contributed by atoms with Gasteiger partial charge in [-0.15, -0.1) is 0 Å². The molecule has 0 aliphatic carbocycles. The van der Waals surface area contributed by atoms with Gasteiger partial charge < -0.3 is 0 Å². The largest absolute Gasteiger partial charge is 0.299 e. The van der Waals surface area contributed by atoms with Gasteiger partial charge in [0.05, 0.1) is 12.5 Å². The molecule has 1 heterocycles. The van der Waals surface area contributed by atoms with E-state index in [1.807, 2.05) is 6.92 Å². The summed E-state index contributed by atoms with van der Waals surface area (Å²) in [7, 11) is 0. The van der Waals surface area contributed by atoms with Crippen molar-refractivity contribution in [3.8, 4) is 0 Å². The van der Waals surface area contributed by atoms with Gasteiger partial charge in [-0.1, -0.05) is 12.1 Å². The number of hydrogen-bond donors (Lipinski definition) is 1. The molecule has 0 spiro atoms. The van der Waals surface area contributed by atoms with E-state index in [1.54, 1.807) is 19.1 Å². The summed E-state index contributed by atoms with van der Waals surface area (Å²) < 4.78 is 13.1. The van der Waals surface area contributed by atoms with Crippen LogP contribution in [0.15, 0.2) is 24.3 Å². The van der Waals surface area contributed by atoms with Crippen LogP contribution in [-0.2, 0) is 9.59 Å². The van der Waals surface area contributed by atoms with Crippen LogP contribution in [0, 0.1) is 5.82 Å². The maximum atomic E-state index is 13.1. The zero-order valence-electron chi connectivity index (χ0n) is 11.0. The number of carbonyl (C=O) groups excluding carboxylic acids is 2. The Morgan fingerprint density at radius 1 is 1.47 bits per heavy atom. The first kappa shape index (κ1) is 13.7. The van der Waals surface area contributed by atoms with Crippen LogP contribution in [0.2, 0.25) is 0 Å². The minimum absolute atomic E-state index is 0.156. The molecule has 5 heteroatoms. The zero-order valence-corrected chi connectivity index (χ0v) is 11.0. The fraction of sp³-hybridized carbons (Fsp3) is 0.429. The van der Waals surface area contributed by atoms with Crippen LogP contribution in [0.25, 0.3) is 0 Å². The Labute approximate surface area is 111 Å². The number of nitrogens with one attached hydrogen (secondary N) is 1. The minimum atomic E-state index is -0.509. The first-order valence-corrected chi connectivity index (χ1v) is 6.38. The standard InChI is InChI=1S/C14H17FN2O2/c1-3-17-13(18)8-12(14(17)19)16-9(2)10-5-4-6-11(15)7-10/h4-7,9,12,16H,3,8H2,1-2H3. The second kappa shape index (κ2) is 5.48. The molecule has 0 bridgehead atoms. The summed E-state index contributed by atoms with van der Waals surface area (Å²) in [6, 6.07) is 5.53. The van der Waals surface area contributed by atoms with Crippen molar-refractivity contribution in [1.82, 2.24) is 10.2 Å². The molecular formula is C14H17FN2O2. The van der Waals surface area contributed by atoms with E-state index in [0.717, 1.165) is 5.56 Å². The maximum Gasteiger partial charge on any atom is 0.246 e. The van der Waals surface area contributed by atoms with Gasteiger partial charge in [0.15, 0.2) is 0 Å². The van der Waals surface area contributed by atoms with E-state index in [4.69, 9.17) is 0 Å². The number of benzene rings is 1. The lowest BCUT2D eigenvalue weighted by molar-refractivity contribution is -0.138. The van der Waals surface area contributed by atoms with Crippen molar-refractivity contribution in [1.29, 1.82) is 0 Å². The molecule has 0 aromatic heterocycles. The third kappa shape index (κ3) is 2.81. The first-order valence-electron chi connectivity index (χ1n) is 6.38. The maximum absolute atomic E-state index is 13.1. The Morgan fingerprint density at radius 3 is 2.79 bits per heavy atom. The lowest BCUT2D eigenvalue weighted by Crippen LogP contribution is -2.39. The number of halogens is 1. The quantitative estimate of drug-likeness (QED) is 0.841. The number of carbonyl (C=O) groups is 2. The van der Waals surface area contributed by atoms with Crippen LogP contribution < -0.4 is 5.32 Å². The summed E-state index contributed by atoms with van der Waals surface area (Å²) >= 11 is 0. The zero-order chi connectivity index (χ0) is 14.0. The summed E-state index contributed by atoms with van der Waals surface area (Å²) in [5, 5.41) is 3.09. The number of likely N-dealkylation sites (N-methyl/N-ethyl adjacent to an activating group) is 1. The molecule has 1 fully saturated rings. The molecule has 1 saturated heterocycles. The van der Waals surface area contributed by atoms with Gasteiger partial charge >= 0.3 is 0 Å². The molecule has 19 heavy (non-hydrogen) atoms. The number of hydrogen-bond acceptors (Lipinski definition) is 3. The van der Waals surface area contributed by atoms with Crippen LogP contribution in [-0.4, -0.2) is 29.3 Å². The minimum Gasteiger partial charge on any atom is -0.299 e. The van der Waals surface area contributed by atoms with Crippen LogP contribution in [0.3, 0.4) is 0 Å². The molecule has 0 saturated carbocycles. The highest BCUT2D eigenvalue weighted by Crippen LogP contribution is 2.19. The monoisotopic (exact) mass is 264 g/mol. The topological polar surface area (TPSA) is 49.4 Å². The van der Waals surface area contributed by atoms with E-state index in [1.165, 1.54) is 17.0 Å². The van der Waals surface area contributed by atoms with E-state index >= 15 is 0 Å². The Morgan fingerprint density at radius 2 is 2.21 bits per heavy atom. The van der Waals surface area contributed by atoms with Crippen LogP contribution in [0.1, 0.15) is 31.9 Å². The summed E-state index contributed by atoms with van der Waals surface area (Å²) in [6.07, 6.45) is 0.173. The summed E-state index contributed by atoms with van der Waals surface area (Å²) in [6.45, 7) is 4.01. The molecular weight excluding hydrogens is 247 g/mol. The van der Waals surface area contributed by atoms with E-state index in [0.29, 0.717) is 6.54 Å². The van der Waals surface area contributed by atoms with Crippen molar-refractivity contribution in [3.05, 3.63) is 35.6 Å². The van der Waals surface area contributed by atoms with Gasteiger partial charge in [-0.2, -0.15) is 0 Å². The lowest BCUT2D eigenvalue weighted by Gasteiger charge is -2.18. The van der Waals surface area contributed by atoms with Crippen molar-refractivity contribution in [3.63, 3.8) is 0 Å². The highest BCUT2D eigenvalue weighted by Gasteiger charge is 2.37. The molecule has 0 radical (unpaired) electrons. The molecule has 2 amide bonds. The van der Waals surface area contributed by atoms with E-state index in [2.05, 4.69) is 5.32 Å². The van der Waals surface area contributed by atoms with Gasteiger partial charge in [0.2, 0.25) is 11.8 Å². The van der Waals surface area contributed by atoms with Crippen molar-refractivity contribution in [2.75, 3.05) is 6.54 Å². The van der Waals surface area contributed by atoms with Crippen molar-refractivity contribution >= 4 is 11.8 Å². The molecule has 2 unspecified atom stereocenters. The normalized spacial score (nSPS) is 21.0. The fourth-order valence-electron chi connectivity index (χ4n) is 2.32. The van der Waals surface area contributed by atoms with E-state index < -0.39 is 6.04 Å². The second-order valence-electron chi connectivity index (χ2n) is 4.68. The number of amides is 2. The molecule has 1 aliphatic rings. The lowest BCUT2D eigenvalue weighted by atomic mass is 10.1. The molecule has 1 aromatic rings. The van der Waals surface area contributed by atoms with Crippen LogP contribution in [0.5, 0.6) is 0 Å². The third-order valence-electron chi connectivity index (χ3n) is 3.36. The Balaban J connectivity index is 2.06. The van der Waals surface area contributed by atoms with Gasteiger partial charge in [-0.3, -0.25) is 19.8 Å². The molecule has 1 aliphatic heterocycles. The van der Waals surface area contributed by atoms with Crippen LogP contribution >= 0.6 is 0 Å². The van der Waals surface area contributed by atoms with Gasteiger partial charge in [0, 0.05) is 12.6 Å². The highest BCUT2D eigenvalue weighted by molar-refractivity contribution is 6.05.